The van der Waals surface area contributed by atoms with Gasteiger partial charge >= 0.3 is 0 Å². The van der Waals surface area contributed by atoms with Crippen molar-refractivity contribution in [2.75, 3.05) is 0 Å². The van der Waals surface area contributed by atoms with Gasteiger partial charge in [-0.05, 0) is 58.8 Å². The predicted octanol–water partition coefficient (Wildman–Crippen LogP) is 12.0. The molecule has 0 amide bonds. The maximum absolute atomic E-state index is 6.65. The molecule has 0 unspecified atom stereocenters. The van der Waals surface area contributed by atoms with E-state index in [1.54, 1.807) is 11.3 Å². The molecule has 0 saturated carbocycles. The van der Waals surface area contributed by atoms with Gasteiger partial charge in [0.25, 0.3) is 0 Å². The molecule has 0 aliphatic rings. The first kappa shape index (κ1) is 24.4. The fourth-order valence-corrected chi connectivity index (χ4v) is 8.54. The lowest BCUT2D eigenvalue weighted by Gasteiger charge is -2.05. The van der Waals surface area contributed by atoms with Crippen molar-refractivity contribution in [1.82, 2.24) is 9.55 Å². The van der Waals surface area contributed by atoms with E-state index in [9.17, 15) is 0 Å². The minimum atomic E-state index is 0.872. The first-order valence-corrected chi connectivity index (χ1v) is 16.2. The predicted molar refractivity (Wildman–Crippen MR) is 191 cm³/mol. The average Bonchev–Trinajstić information content (AvgIpc) is 3.87. The molecule has 0 spiro atoms. The number of furan rings is 2. The maximum atomic E-state index is 6.65. The number of thiazole rings is 1. The molecule has 0 aliphatic carbocycles. The van der Waals surface area contributed by atoms with Gasteiger partial charge in [-0.1, -0.05) is 102 Å². The van der Waals surface area contributed by atoms with Gasteiger partial charge in [0, 0.05) is 32.5 Å². The molecule has 0 aliphatic heterocycles. The van der Waals surface area contributed by atoms with Gasteiger partial charge in [0.05, 0.1) is 26.6 Å². The van der Waals surface area contributed by atoms with Crippen molar-refractivity contribution >= 4 is 98.0 Å². The van der Waals surface area contributed by atoms with Crippen LogP contribution in [0, 0.1) is 0 Å². The van der Waals surface area contributed by atoms with Gasteiger partial charge in [-0.2, -0.15) is 0 Å². The molecule has 5 heteroatoms. The van der Waals surface area contributed by atoms with Crippen molar-refractivity contribution in [1.29, 1.82) is 0 Å². The monoisotopic (exact) mass is 606 g/mol. The number of hydrogen-bond acceptors (Lipinski definition) is 4. The van der Waals surface area contributed by atoms with Crippen LogP contribution in [-0.2, 0) is 0 Å². The highest BCUT2D eigenvalue weighted by Gasteiger charge is 2.22. The van der Waals surface area contributed by atoms with Crippen LogP contribution in [0.25, 0.3) is 103 Å². The summed E-state index contributed by atoms with van der Waals surface area (Å²) in [7, 11) is 0. The van der Waals surface area contributed by atoms with Crippen molar-refractivity contribution in [2.45, 2.75) is 0 Å². The van der Waals surface area contributed by atoms with Crippen molar-refractivity contribution in [2.24, 2.45) is 0 Å². The van der Waals surface area contributed by atoms with Crippen LogP contribution in [0.2, 0.25) is 0 Å². The zero-order valence-corrected chi connectivity index (χ0v) is 25.1. The zero-order valence-electron chi connectivity index (χ0n) is 24.3. The van der Waals surface area contributed by atoms with Crippen LogP contribution in [-0.4, -0.2) is 9.55 Å². The number of para-hydroxylation sites is 3. The topological polar surface area (TPSA) is 44.1 Å². The van der Waals surface area contributed by atoms with Crippen LogP contribution in [0.3, 0.4) is 0 Å². The first-order chi connectivity index (χ1) is 22.8. The molecule has 0 N–H and O–H groups in total. The third kappa shape index (κ3) is 3.19. The summed E-state index contributed by atoms with van der Waals surface area (Å²) in [5, 5.41) is 10.2. The third-order valence-corrected chi connectivity index (χ3v) is 10.5. The number of aromatic nitrogens is 2. The number of fused-ring (bicyclic) bond motifs is 13. The van der Waals surface area contributed by atoms with E-state index in [4.69, 9.17) is 13.8 Å². The van der Waals surface area contributed by atoms with Gasteiger partial charge in [-0.3, -0.25) is 4.57 Å². The van der Waals surface area contributed by atoms with Crippen LogP contribution >= 0.6 is 11.3 Å². The molecule has 0 fully saturated rings. The van der Waals surface area contributed by atoms with Crippen LogP contribution in [0.4, 0.5) is 0 Å². The fraction of sp³-hybridized carbons (Fsp3) is 0. The Hall–Kier alpha value is -5.91. The number of nitrogens with zero attached hydrogens (tertiary/aromatic N) is 2. The molecule has 0 bridgehead atoms. The van der Waals surface area contributed by atoms with Crippen LogP contribution < -0.4 is 0 Å². The van der Waals surface area contributed by atoms with Crippen molar-refractivity contribution < 1.29 is 8.83 Å². The Labute approximate surface area is 265 Å². The second-order valence-electron chi connectivity index (χ2n) is 11.9. The van der Waals surface area contributed by atoms with Gasteiger partial charge in [0.1, 0.15) is 22.3 Å². The van der Waals surface area contributed by atoms with E-state index in [0.717, 1.165) is 81.4 Å². The summed E-state index contributed by atoms with van der Waals surface area (Å²) in [5.74, 6) is 0. The van der Waals surface area contributed by atoms with Gasteiger partial charge in [0.15, 0.2) is 5.13 Å². The van der Waals surface area contributed by atoms with E-state index in [1.165, 1.54) is 21.5 Å². The summed E-state index contributed by atoms with van der Waals surface area (Å²) < 4.78 is 16.4. The lowest BCUT2D eigenvalue weighted by atomic mass is 9.99. The first-order valence-electron chi connectivity index (χ1n) is 15.4. The van der Waals surface area contributed by atoms with Crippen molar-refractivity contribution in [3.05, 3.63) is 133 Å². The number of rotatable bonds is 2. The van der Waals surface area contributed by atoms with Gasteiger partial charge in [-0.15, -0.1) is 0 Å². The number of benzene rings is 7. The van der Waals surface area contributed by atoms with Gasteiger partial charge in [-0.25, -0.2) is 4.98 Å². The molecule has 4 aromatic heterocycles. The summed E-state index contributed by atoms with van der Waals surface area (Å²) in [6.45, 7) is 0. The SMILES string of the molecule is c1ccc2cc(-c3cccc4c3oc3ccc5nc(-n6c7ccccc7c7ccc8oc9ccccc9c8c76)sc5c34)ccc2c1. The molecular formula is C41H22N2O2S. The molecule has 214 valence electrons. The zero-order chi connectivity index (χ0) is 29.9. The molecule has 0 atom stereocenters. The molecule has 4 nitrogen and oxygen atoms in total. The molecule has 46 heavy (non-hydrogen) atoms. The fourth-order valence-electron chi connectivity index (χ4n) is 7.40. The third-order valence-electron chi connectivity index (χ3n) is 9.43. The lowest BCUT2D eigenvalue weighted by Crippen LogP contribution is -1.92. The van der Waals surface area contributed by atoms with Crippen LogP contribution in [0.5, 0.6) is 0 Å². The van der Waals surface area contributed by atoms with E-state index in [0.29, 0.717) is 0 Å². The van der Waals surface area contributed by atoms with E-state index >= 15 is 0 Å². The molecule has 0 radical (unpaired) electrons. The van der Waals surface area contributed by atoms with Crippen LogP contribution in [0.15, 0.2) is 142 Å². The second kappa shape index (κ2) is 8.84. The normalized spacial score (nSPS) is 12.3. The summed E-state index contributed by atoms with van der Waals surface area (Å²) in [4.78, 5) is 5.29. The summed E-state index contributed by atoms with van der Waals surface area (Å²) in [6.07, 6.45) is 0. The summed E-state index contributed by atoms with van der Waals surface area (Å²) >= 11 is 1.71. The Morgan fingerprint density at radius 3 is 2.28 bits per heavy atom. The summed E-state index contributed by atoms with van der Waals surface area (Å²) in [6, 6.07) is 46.9. The minimum absolute atomic E-state index is 0.872. The Bertz CT molecular complexity index is 3050. The average molecular weight is 607 g/mol. The van der Waals surface area contributed by atoms with Gasteiger partial charge in [0.2, 0.25) is 0 Å². The highest BCUT2D eigenvalue weighted by molar-refractivity contribution is 7.22. The minimum Gasteiger partial charge on any atom is -0.456 e. The molecule has 11 rings (SSSR count). The Balaban J connectivity index is 1.21. The smallest absolute Gasteiger partial charge is 0.195 e. The van der Waals surface area contributed by atoms with Crippen LogP contribution in [0.1, 0.15) is 0 Å². The molecule has 4 heterocycles. The molecule has 7 aromatic carbocycles. The van der Waals surface area contributed by atoms with E-state index in [-0.39, 0.29) is 0 Å². The molecule has 0 saturated heterocycles. The van der Waals surface area contributed by atoms with Crippen molar-refractivity contribution in [3.8, 4) is 16.3 Å². The standard InChI is InChI=1S/C41H22N2O2S/c1-2-9-24-22-25(17-16-23(24)8-1)26-12-7-13-30-37-35(45-39(26)30)21-19-31-40(37)46-41(42-31)43-32-14-5-3-10-27(32)28-18-20-34-36(38(28)43)29-11-4-6-15-33(29)44-34/h1-22H. The Morgan fingerprint density at radius 2 is 1.33 bits per heavy atom. The second-order valence-corrected chi connectivity index (χ2v) is 12.9. The van der Waals surface area contributed by atoms with E-state index in [2.05, 4.69) is 126 Å². The highest BCUT2D eigenvalue weighted by atomic mass is 32.1. The highest BCUT2D eigenvalue weighted by Crippen LogP contribution is 2.45. The van der Waals surface area contributed by atoms with Crippen molar-refractivity contribution in [3.63, 3.8) is 0 Å². The largest absolute Gasteiger partial charge is 0.456 e. The lowest BCUT2D eigenvalue weighted by molar-refractivity contribution is 0.669. The van der Waals surface area contributed by atoms with E-state index < -0.39 is 0 Å². The van der Waals surface area contributed by atoms with Gasteiger partial charge < -0.3 is 8.83 Å². The molecule has 11 aromatic rings. The summed E-state index contributed by atoms with van der Waals surface area (Å²) in [5.41, 5.74) is 8.98. The number of hydrogen-bond donors (Lipinski definition) is 0. The Morgan fingerprint density at radius 1 is 0.543 bits per heavy atom. The molecular weight excluding hydrogens is 585 g/mol. The maximum Gasteiger partial charge on any atom is 0.195 e. The quantitative estimate of drug-likeness (QED) is 0.197. The Kier molecular flexibility index (Phi) is 4.69. The van der Waals surface area contributed by atoms with E-state index in [1.807, 2.05) is 12.1 Å².